The maximum Gasteiger partial charge on any atom is 0.341 e. The maximum absolute atomic E-state index is 12.8. The lowest BCUT2D eigenvalue weighted by atomic mass is 10.2. The minimum Gasteiger partial charge on any atom is -0.364 e. The second-order valence-electron chi connectivity index (χ2n) is 6.36. The van der Waals surface area contributed by atoms with Crippen LogP contribution in [0.5, 0.6) is 0 Å². The van der Waals surface area contributed by atoms with Gasteiger partial charge in [-0.25, -0.2) is 8.42 Å². The summed E-state index contributed by atoms with van der Waals surface area (Å²) in [5.74, 6) is -3.79. The van der Waals surface area contributed by atoms with Gasteiger partial charge in [0.05, 0.1) is 15.4 Å². The number of rotatable bonds is 5. The van der Waals surface area contributed by atoms with Gasteiger partial charge in [-0.3, -0.25) is 14.9 Å². The number of hydrogen-bond donors (Lipinski definition) is 0. The number of anilines is 1. The van der Waals surface area contributed by atoms with Crippen molar-refractivity contribution >= 4 is 38.5 Å². The van der Waals surface area contributed by atoms with Crippen LogP contribution in [0.3, 0.4) is 0 Å². The first-order chi connectivity index (χ1) is 13.7. The van der Waals surface area contributed by atoms with E-state index in [4.69, 9.17) is 0 Å². The van der Waals surface area contributed by atoms with Crippen molar-refractivity contribution in [2.75, 3.05) is 31.1 Å². The molecule has 1 amide bonds. The van der Waals surface area contributed by atoms with Gasteiger partial charge in [0, 0.05) is 37.6 Å². The Balaban J connectivity index is 1.85. The number of halogens is 2. The van der Waals surface area contributed by atoms with Crippen molar-refractivity contribution < 1.29 is 26.9 Å². The SMILES string of the molecule is O=C(c1ccsc1)N1CCCN(c2ccc(S(=O)(=O)C(F)F)cc2[N+](=O)[O-])CC1. The fraction of sp³-hybridized carbons (Fsp3) is 0.353. The number of hydrogen-bond acceptors (Lipinski definition) is 7. The van der Waals surface area contributed by atoms with Crippen molar-refractivity contribution in [1.82, 2.24) is 4.90 Å². The van der Waals surface area contributed by atoms with Crippen LogP contribution < -0.4 is 4.90 Å². The summed E-state index contributed by atoms with van der Waals surface area (Å²) in [6.45, 7) is 1.48. The maximum atomic E-state index is 12.8. The van der Waals surface area contributed by atoms with E-state index in [-0.39, 0.29) is 18.1 Å². The molecule has 0 saturated carbocycles. The Bertz CT molecular complexity index is 1010. The molecule has 0 spiro atoms. The molecule has 12 heteroatoms. The normalized spacial score (nSPS) is 15.4. The third-order valence-corrected chi connectivity index (χ3v) is 6.66. The fourth-order valence-corrected chi connectivity index (χ4v) is 4.50. The summed E-state index contributed by atoms with van der Waals surface area (Å²) in [5, 5.41) is 15.0. The number of alkyl halides is 2. The number of sulfone groups is 1. The van der Waals surface area contributed by atoms with E-state index in [1.54, 1.807) is 26.6 Å². The topological polar surface area (TPSA) is 101 Å². The average Bonchev–Trinajstić information content (AvgIpc) is 3.11. The minimum atomic E-state index is -4.94. The monoisotopic (exact) mass is 445 g/mol. The van der Waals surface area contributed by atoms with Crippen LogP contribution >= 0.6 is 11.3 Å². The number of amides is 1. The Morgan fingerprint density at radius 2 is 1.93 bits per heavy atom. The number of benzene rings is 1. The first-order valence-corrected chi connectivity index (χ1v) is 11.1. The summed E-state index contributed by atoms with van der Waals surface area (Å²) >= 11 is 1.41. The first-order valence-electron chi connectivity index (χ1n) is 8.58. The molecule has 2 aromatic rings. The number of nitrogens with zero attached hydrogens (tertiary/aromatic N) is 3. The van der Waals surface area contributed by atoms with Gasteiger partial charge in [-0.15, -0.1) is 0 Å². The quantitative estimate of drug-likeness (QED) is 0.518. The molecule has 0 N–H and O–H groups in total. The van der Waals surface area contributed by atoms with E-state index in [2.05, 4.69) is 0 Å². The molecule has 1 aromatic heterocycles. The highest BCUT2D eigenvalue weighted by Gasteiger charge is 2.31. The van der Waals surface area contributed by atoms with E-state index in [0.717, 1.165) is 6.07 Å². The van der Waals surface area contributed by atoms with Gasteiger partial charge in [0.15, 0.2) is 0 Å². The van der Waals surface area contributed by atoms with Gasteiger partial charge in [0.2, 0.25) is 9.84 Å². The third kappa shape index (κ3) is 4.37. The molecule has 0 unspecified atom stereocenters. The molecule has 2 heterocycles. The van der Waals surface area contributed by atoms with Crippen LogP contribution in [-0.2, 0) is 9.84 Å². The molecule has 1 aromatic carbocycles. The van der Waals surface area contributed by atoms with Crippen LogP contribution in [0.1, 0.15) is 16.8 Å². The Labute approximate surface area is 169 Å². The predicted octanol–water partition coefficient (Wildman–Crippen LogP) is 3.01. The fourth-order valence-electron chi connectivity index (χ4n) is 3.13. The lowest BCUT2D eigenvalue weighted by molar-refractivity contribution is -0.384. The predicted molar refractivity (Wildman–Crippen MR) is 103 cm³/mol. The molecular formula is C17H17F2N3O5S2. The largest absolute Gasteiger partial charge is 0.364 e. The van der Waals surface area contributed by atoms with Crippen molar-refractivity contribution in [3.05, 3.63) is 50.7 Å². The average molecular weight is 445 g/mol. The third-order valence-electron chi connectivity index (χ3n) is 4.60. The van der Waals surface area contributed by atoms with Crippen LogP contribution in [-0.4, -0.2) is 56.1 Å². The van der Waals surface area contributed by atoms with Crippen molar-refractivity contribution in [2.24, 2.45) is 0 Å². The van der Waals surface area contributed by atoms with Crippen LogP contribution in [0.15, 0.2) is 39.9 Å². The summed E-state index contributed by atoms with van der Waals surface area (Å²) in [7, 11) is -4.94. The molecule has 0 atom stereocenters. The Hall–Kier alpha value is -2.60. The summed E-state index contributed by atoms with van der Waals surface area (Å²) in [6, 6.07) is 4.51. The minimum absolute atomic E-state index is 0.124. The van der Waals surface area contributed by atoms with Gasteiger partial charge in [0.1, 0.15) is 5.69 Å². The molecule has 0 aliphatic carbocycles. The molecule has 1 aliphatic rings. The highest BCUT2D eigenvalue weighted by molar-refractivity contribution is 7.91. The van der Waals surface area contributed by atoms with Crippen molar-refractivity contribution in [3.63, 3.8) is 0 Å². The number of nitro groups is 1. The summed E-state index contributed by atoms with van der Waals surface area (Å²) in [5.41, 5.74) is 0.147. The number of carbonyl (C=O) groups is 1. The lowest BCUT2D eigenvalue weighted by Crippen LogP contribution is -2.35. The lowest BCUT2D eigenvalue weighted by Gasteiger charge is -2.23. The van der Waals surface area contributed by atoms with Crippen LogP contribution in [0.2, 0.25) is 0 Å². The van der Waals surface area contributed by atoms with Crippen LogP contribution in [0, 0.1) is 10.1 Å². The molecule has 29 heavy (non-hydrogen) atoms. The van der Waals surface area contributed by atoms with E-state index in [1.807, 2.05) is 0 Å². The summed E-state index contributed by atoms with van der Waals surface area (Å²) in [4.78, 5) is 25.7. The van der Waals surface area contributed by atoms with Crippen molar-refractivity contribution in [3.8, 4) is 0 Å². The van der Waals surface area contributed by atoms with Crippen molar-refractivity contribution in [1.29, 1.82) is 0 Å². The summed E-state index contributed by atoms with van der Waals surface area (Å²) in [6.07, 6.45) is 0.546. The molecule has 0 radical (unpaired) electrons. The molecule has 1 aliphatic heterocycles. The van der Waals surface area contributed by atoms with Gasteiger partial charge >= 0.3 is 5.76 Å². The Kier molecular flexibility index (Phi) is 6.13. The zero-order valence-electron chi connectivity index (χ0n) is 15.0. The van der Waals surface area contributed by atoms with Crippen LogP contribution in [0.4, 0.5) is 20.2 Å². The highest BCUT2D eigenvalue weighted by Crippen LogP contribution is 2.33. The smallest absolute Gasteiger partial charge is 0.341 e. The van der Waals surface area contributed by atoms with Crippen LogP contribution in [0.25, 0.3) is 0 Å². The van der Waals surface area contributed by atoms with E-state index in [0.29, 0.717) is 37.7 Å². The molecule has 1 fully saturated rings. The van der Waals surface area contributed by atoms with Gasteiger partial charge in [0.25, 0.3) is 11.6 Å². The zero-order valence-corrected chi connectivity index (χ0v) is 16.7. The van der Waals surface area contributed by atoms with E-state index < -0.39 is 31.1 Å². The second kappa shape index (κ2) is 8.41. The molecule has 1 saturated heterocycles. The first kappa shape index (κ1) is 21.1. The zero-order chi connectivity index (χ0) is 21.2. The van der Waals surface area contributed by atoms with Gasteiger partial charge in [-0.2, -0.15) is 20.1 Å². The summed E-state index contributed by atoms with van der Waals surface area (Å²) < 4.78 is 48.8. The van der Waals surface area contributed by atoms with Gasteiger partial charge in [-0.1, -0.05) is 0 Å². The molecular weight excluding hydrogens is 428 g/mol. The number of carbonyl (C=O) groups excluding carboxylic acids is 1. The Morgan fingerprint density at radius 1 is 1.17 bits per heavy atom. The second-order valence-corrected chi connectivity index (χ2v) is 9.06. The number of nitro benzene ring substituents is 1. The van der Waals surface area contributed by atoms with E-state index in [9.17, 15) is 32.1 Å². The van der Waals surface area contributed by atoms with E-state index >= 15 is 0 Å². The van der Waals surface area contributed by atoms with Crippen molar-refractivity contribution in [2.45, 2.75) is 17.1 Å². The Morgan fingerprint density at radius 3 is 2.55 bits per heavy atom. The van der Waals surface area contributed by atoms with Gasteiger partial charge < -0.3 is 9.80 Å². The molecule has 8 nitrogen and oxygen atoms in total. The molecule has 156 valence electrons. The number of thiophene rings is 1. The van der Waals surface area contributed by atoms with Gasteiger partial charge in [-0.05, 0) is 30.0 Å². The molecule has 0 bridgehead atoms. The van der Waals surface area contributed by atoms with E-state index in [1.165, 1.54) is 17.4 Å². The molecule has 3 rings (SSSR count). The highest BCUT2D eigenvalue weighted by atomic mass is 32.2. The standard InChI is InChI=1S/C17H17F2N3O5S2/c18-17(19)29(26,27)13-2-3-14(15(10-13)22(24)25)20-5-1-6-21(8-7-20)16(23)12-4-9-28-11-12/h2-4,9-11,17H,1,5-8H2.